The SMILES string of the molecule is COc1ncc(-c2ccc3nc(Cc4cc(C#N)ccc4S(=O)(=O)Nc4cc(-c5ccc6nc(C)cc(=O)n6c5)cnc4OC)cc(=O)n3c2)cc1NS(=O)(=O)c1cc(F)ccc1F. The number of aromatic nitrogens is 6. The van der Waals surface area contributed by atoms with E-state index in [9.17, 15) is 40.5 Å². The van der Waals surface area contributed by atoms with Crippen LogP contribution in [0.4, 0.5) is 20.2 Å². The third-order valence-electron chi connectivity index (χ3n) is 9.78. The zero-order valence-corrected chi connectivity index (χ0v) is 35.2. The summed E-state index contributed by atoms with van der Waals surface area (Å²) in [5.41, 5.74) is 2.11. The van der Waals surface area contributed by atoms with Crippen molar-refractivity contribution in [3.8, 4) is 40.1 Å². The van der Waals surface area contributed by atoms with Gasteiger partial charge < -0.3 is 9.47 Å². The van der Waals surface area contributed by atoms with E-state index in [1.54, 1.807) is 31.3 Å². The lowest BCUT2D eigenvalue weighted by Gasteiger charge is -2.16. The second kappa shape index (κ2) is 16.6. The number of ether oxygens (including phenoxy) is 2. The molecule has 17 nitrogen and oxygen atoms in total. The number of anilines is 2. The summed E-state index contributed by atoms with van der Waals surface area (Å²) in [6.45, 7) is 1.71. The summed E-state index contributed by atoms with van der Waals surface area (Å²) in [6, 6.07) is 19.8. The summed E-state index contributed by atoms with van der Waals surface area (Å²) >= 11 is 0. The van der Waals surface area contributed by atoms with Gasteiger partial charge in [-0.3, -0.25) is 27.8 Å². The van der Waals surface area contributed by atoms with Crippen LogP contribution in [0, 0.1) is 29.9 Å². The highest BCUT2D eigenvalue weighted by molar-refractivity contribution is 7.93. The summed E-state index contributed by atoms with van der Waals surface area (Å²) < 4.78 is 101. The van der Waals surface area contributed by atoms with E-state index < -0.39 is 42.1 Å². The Bertz CT molecular complexity index is 3620. The number of halogens is 2. The molecule has 0 aliphatic carbocycles. The van der Waals surface area contributed by atoms with Gasteiger partial charge >= 0.3 is 0 Å². The first-order chi connectivity index (χ1) is 30.5. The predicted octanol–water partition coefficient (Wildman–Crippen LogP) is 5.49. The lowest BCUT2D eigenvalue weighted by Crippen LogP contribution is -2.18. The number of benzene rings is 2. The Kier molecular flexibility index (Phi) is 11.1. The fraction of sp³-hybridized carbons (Fsp3) is 0.0930. The number of hydrogen-bond donors (Lipinski definition) is 2. The maximum Gasteiger partial charge on any atom is 0.265 e. The van der Waals surface area contributed by atoms with Crippen LogP contribution in [0.1, 0.15) is 22.5 Å². The minimum Gasteiger partial charge on any atom is -0.480 e. The molecule has 0 fully saturated rings. The minimum absolute atomic E-state index is 0.0280. The number of aryl methyl sites for hydroxylation is 1. The minimum atomic E-state index is -4.66. The summed E-state index contributed by atoms with van der Waals surface area (Å²) in [7, 11) is -6.55. The van der Waals surface area contributed by atoms with Crippen LogP contribution in [-0.4, -0.2) is 59.8 Å². The van der Waals surface area contributed by atoms with Gasteiger partial charge in [-0.25, -0.2) is 45.6 Å². The first-order valence-electron chi connectivity index (χ1n) is 18.7. The van der Waals surface area contributed by atoms with E-state index in [-0.39, 0.29) is 62.5 Å². The van der Waals surface area contributed by atoms with Gasteiger partial charge in [0.25, 0.3) is 31.2 Å². The Morgan fingerprint density at radius 3 is 1.81 bits per heavy atom. The maximum atomic E-state index is 14.4. The summed E-state index contributed by atoms with van der Waals surface area (Å²) in [5, 5.41) is 9.73. The molecule has 0 saturated carbocycles. The van der Waals surface area contributed by atoms with Gasteiger partial charge in [0.15, 0.2) is 0 Å². The molecule has 6 heterocycles. The molecule has 0 bridgehead atoms. The molecule has 8 aromatic rings. The van der Waals surface area contributed by atoms with E-state index in [2.05, 4.69) is 29.4 Å². The molecule has 0 aliphatic rings. The average molecular weight is 904 g/mol. The molecule has 0 amide bonds. The van der Waals surface area contributed by atoms with Gasteiger partial charge in [-0.05, 0) is 85.3 Å². The zero-order chi connectivity index (χ0) is 45.5. The second-order valence-corrected chi connectivity index (χ2v) is 17.4. The smallest absolute Gasteiger partial charge is 0.265 e. The van der Waals surface area contributed by atoms with E-state index in [4.69, 9.17) is 9.47 Å². The second-order valence-electron chi connectivity index (χ2n) is 14.1. The molecule has 21 heteroatoms. The molecule has 64 heavy (non-hydrogen) atoms. The van der Waals surface area contributed by atoms with E-state index in [0.29, 0.717) is 45.7 Å². The first kappa shape index (κ1) is 42.6. The van der Waals surface area contributed by atoms with E-state index in [0.717, 1.165) is 6.07 Å². The first-order valence-corrected chi connectivity index (χ1v) is 21.7. The number of hydrogen-bond acceptors (Lipinski definition) is 13. The van der Waals surface area contributed by atoms with Crippen LogP contribution in [0.25, 0.3) is 33.5 Å². The topological polar surface area (TPSA) is 229 Å². The Labute approximate surface area is 362 Å². The molecular weight excluding hydrogens is 873 g/mol. The highest BCUT2D eigenvalue weighted by Gasteiger charge is 2.25. The molecule has 0 saturated heterocycles. The number of fused-ring (bicyclic) bond motifs is 2. The number of methoxy groups -OCH3 is 2. The Morgan fingerprint density at radius 2 is 1.23 bits per heavy atom. The highest BCUT2D eigenvalue weighted by atomic mass is 32.2. The quantitative estimate of drug-likeness (QED) is 0.155. The zero-order valence-electron chi connectivity index (χ0n) is 33.6. The third-order valence-corrected chi connectivity index (χ3v) is 12.6. The number of pyridine rings is 4. The van der Waals surface area contributed by atoms with Gasteiger partial charge in [-0.15, -0.1) is 0 Å². The normalized spacial score (nSPS) is 11.6. The van der Waals surface area contributed by atoms with Gasteiger partial charge in [0.2, 0.25) is 11.8 Å². The highest BCUT2D eigenvalue weighted by Crippen LogP contribution is 2.33. The van der Waals surface area contributed by atoms with E-state index in [1.165, 1.54) is 90.1 Å². The van der Waals surface area contributed by atoms with Crippen LogP contribution in [0.15, 0.2) is 129 Å². The molecule has 0 spiro atoms. The molecule has 0 aliphatic heterocycles. The summed E-state index contributed by atoms with van der Waals surface area (Å²) in [4.78, 5) is 42.5. The van der Waals surface area contributed by atoms with Crippen molar-refractivity contribution in [3.05, 3.63) is 165 Å². The molecule has 2 N–H and O–H groups in total. The van der Waals surface area contributed by atoms with Crippen molar-refractivity contribution in [1.82, 2.24) is 28.7 Å². The summed E-state index contributed by atoms with van der Waals surface area (Å²) in [5.74, 6) is -2.38. The van der Waals surface area contributed by atoms with Gasteiger partial charge in [-0.2, -0.15) is 5.26 Å². The molecule has 322 valence electrons. The molecular formula is C43H31F2N9O8S2. The maximum absolute atomic E-state index is 14.4. The number of sulfonamides is 2. The lowest BCUT2D eigenvalue weighted by molar-refractivity contribution is 0.400. The Morgan fingerprint density at radius 1 is 0.672 bits per heavy atom. The van der Waals surface area contributed by atoms with Gasteiger partial charge in [0, 0.05) is 71.3 Å². The van der Waals surface area contributed by atoms with Crippen LogP contribution >= 0.6 is 0 Å². The van der Waals surface area contributed by atoms with Gasteiger partial charge in [0.1, 0.15) is 39.2 Å². The Balaban J connectivity index is 1.10. The number of nitriles is 1. The number of nitrogens with one attached hydrogen (secondary N) is 2. The van der Waals surface area contributed by atoms with Crippen LogP contribution < -0.4 is 30.0 Å². The fourth-order valence-electron chi connectivity index (χ4n) is 6.82. The molecule has 2 aromatic carbocycles. The van der Waals surface area contributed by atoms with Crippen molar-refractivity contribution in [2.24, 2.45) is 0 Å². The standard InChI is InChI=1S/C43H31F2N9O8S2/c1-24-12-40(55)53-22-26(5-10-38(53)49-24)29-15-34(42(61-2)47-20-29)51-63(57,58)36-9-4-25(19-46)13-28(36)14-32-18-41(56)54-23-27(6-11-39(54)50-32)30-16-35(43(62-3)48-21-30)52-64(59,60)37-17-31(44)7-8-33(37)45/h4-13,15-18,20-23,51-52H,14H2,1-3H3. The van der Waals surface area contributed by atoms with Crippen LogP contribution in [0.2, 0.25) is 0 Å². The largest absolute Gasteiger partial charge is 0.480 e. The molecule has 6 aromatic heterocycles. The van der Waals surface area contributed by atoms with Crippen LogP contribution in [0.3, 0.4) is 0 Å². The predicted molar refractivity (Wildman–Crippen MR) is 229 cm³/mol. The van der Waals surface area contributed by atoms with Crippen molar-refractivity contribution < 1.29 is 35.1 Å². The van der Waals surface area contributed by atoms with Crippen molar-refractivity contribution >= 4 is 42.7 Å². The van der Waals surface area contributed by atoms with E-state index >= 15 is 0 Å². The van der Waals surface area contributed by atoms with Crippen molar-refractivity contribution in [2.75, 3.05) is 23.7 Å². The lowest BCUT2D eigenvalue weighted by atomic mass is 10.1. The molecule has 8 rings (SSSR count). The number of rotatable bonds is 12. The average Bonchev–Trinajstić information content (AvgIpc) is 3.26. The molecule has 0 unspecified atom stereocenters. The Hall–Kier alpha value is -8.09. The van der Waals surface area contributed by atoms with Crippen LogP contribution in [-0.2, 0) is 26.5 Å². The van der Waals surface area contributed by atoms with Gasteiger partial charge in [0.05, 0.1) is 36.4 Å². The van der Waals surface area contributed by atoms with Gasteiger partial charge in [-0.1, -0.05) is 0 Å². The van der Waals surface area contributed by atoms with Crippen molar-refractivity contribution in [3.63, 3.8) is 0 Å². The molecule has 0 radical (unpaired) electrons. The monoisotopic (exact) mass is 903 g/mol. The third kappa shape index (κ3) is 8.42. The number of nitrogens with zero attached hydrogens (tertiary/aromatic N) is 7. The van der Waals surface area contributed by atoms with Crippen LogP contribution in [0.5, 0.6) is 11.8 Å². The van der Waals surface area contributed by atoms with Crippen molar-refractivity contribution in [2.45, 2.75) is 23.1 Å². The summed E-state index contributed by atoms with van der Waals surface area (Å²) in [6.07, 6.45) is 5.58. The van der Waals surface area contributed by atoms with E-state index in [1.807, 2.05) is 6.07 Å². The molecule has 0 atom stereocenters. The van der Waals surface area contributed by atoms with Crippen molar-refractivity contribution in [1.29, 1.82) is 5.26 Å². The fourth-order valence-corrected chi connectivity index (χ4v) is 9.23.